The number of aromatic nitrogens is 4. The fraction of sp³-hybridized carbons (Fsp3) is 0.0870. The van der Waals surface area contributed by atoms with E-state index < -0.39 is 6.43 Å². The minimum absolute atomic E-state index is 0.240. The van der Waals surface area contributed by atoms with Crippen LogP contribution in [0.1, 0.15) is 17.7 Å². The quantitative estimate of drug-likeness (QED) is 0.465. The van der Waals surface area contributed by atoms with E-state index in [-0.39, 0.29) is 12.1 Å². The Morgan fingerprint density at radius 2 is 1.62 bits per heavy atom. The molecule has 0 radical (unpaired) electrons. The SMILES string of the molecule is Cc1ccc(-c2ccc(C(F)F)nc2)cc1-c1cncc(-c2ccnc(N)c2)n1.NC=O. The van der Waals surface area contributed by atoms with E-state index in [1.54, 1.807) is 30.7 Å². The number of rotatable bonds is 4. The highest BCUT2D eigenvalue weighted by atomic mass is 19.3. The molecule has 4 aromatic rings. The smallest absolute Gasteiger partial charge is 0.280 e. The molecule has 4 N–H and O–H groups in total. The highest BCUT2D eigenvalue weighted by molar-refractivity contribution is 5.74. The van der Waals surface area contributed by atoms with E-state index in [1.807, 2.05) is 31.2 Å². The number of carbonyl (C=O) groups excluding carboxylic acids is 1. The fourth-order valence-electron chi connectivity index (χ4n) is 3.03. The van der Waals surface area contributed by atoms with Crippen LogP contribution in [0.4, 0.5) is 14.6 Å². The zero-order valence-electron chi connectivity index (χ0n) is 17.1. The molecule has 0 saturated carbocycles. The molecule has 7 nitrogen and oxygen atoms in total. The van der Waals surface area contributed by atoms with Crippen molar-refractivity contribution in [2.45, 2.75) is 13.3 Å². The molecule has 162 valence electrons. The lowest BCUT2D eigenvalue weighted by molar-refractivity contribution is -0.106. The number of halogens is 2. The fourth-order valence-corrected chi connectivity index (χ4v) is 3.03. The van der Waals surface area contributed by atoms with Crippen LogP contribution in [0.2, 0.25) is 0 Å². The summed E-state index contributed by atoms with van der Waals surface area (Å²) in [5.74, 6) is 0.410. The van der Waals surface area contributed by atoms with E-state index in [0.29, 0.717) is 17.2 Å². The number of aryl methyl sites for hydroxylation is 1. The predicted octanol–water partition coefficient (Wildman–Crippen LogP) is 4.20. The van der Waals surface area contributed by atoms with Crippen molar-refractivity contribution in [2.24, 2.45) is 5.73 Å². The van der Waals surface area contributed by atoms with Gasteiger partial charge in [-0.1, -0.05) is 18.2 Å². The number of alkyl halides is 2. The van der Waals surface area contributed by atoms with Gasteiger partial charge in [0.05, 0.1) is 23.8 Å². The summed E-state index contributed by atoms with van der Waals surface area (Å²) in [5, 5.41) is 0. The van der Waals surface area contributed by atoms with E-state index in [0.717, 1.165) is 27.8 Å². The van der Waals surface area contributed by atoms with Crippen LogP contribution in [0, 0.1) is 6.92 Å². The topological polar surface area (TPSA) is 121 Å². The first-order valence-electron chi connectivity index (χ1n) is 9.47. The lowest BCUT2D eigenvalue weighted by atomic mass is 9.98. The molecule has 3 heterocycles. The van der Waals surface area contributed by atoms with Crippen LogP contribution in [0.5, 0.6) is 0 Å². The van der Waals surface area contributed by atoms with E-state index in [9.17, 15) is 8.78 Å². The van der Waals surface area contributed by atoms with Gasteiger partial charge >= 0.3 is 0 Å². The summed E-state index contributed by atoms with van der Waals surface area (Å²) >= 11 is 0. The zero-order valence-corrected chi connectivity index (χ0v) is 17.1. The van der Waals surface area contributed by atoms with Gasteiger partial charge in [-0.3, -0.25) is 14.8 Å². The molecule has 0 aliphatic carbocycles. The van der Waals surface area contributed by atoms with Gasteiger partial charge in [-0.05, 0) is 42.3 Å². The Bertz CT molecular complexity index is 1220. The maximum Gasteiger partial charge on any atom is 0.280 e. The van der Waals surface area contributed by atoms with E-state index >= 15 is 0 Å². The molecular weight excluding hydrogens is 414 g/mol. The molecule has 32 heavy (non-hydrogen) atoms. The van der Waals surface area contributed by atoms with E-state index in [2.05, 4.69) is 20.7 Å². The second-order valence-electron chi connectivity index (χ2n) is 6.70. The van der Waals surface area contributed by atoms with Crippen molar-refractivity contribution in [3.63, 3.8) is 0 Å². The van der Waals surface area contributed by atoms with Crippen LogP contribution in [0.15, 0.2) is 67.3 Å². The monoisotopic (exact) mass is 434 g/mol. The van der Waals surface area contributed by atoms with Crippen LogP contribution in [-0.2, 0) is 4.79 Å². The normalized spacial score (nSPS) is 10.4. The third-order valence-corrected chi connectivity index (χ3v) is 4.57. The van der Waals surface area contributed by atoms with Crippen molar-refractivity contribution in [3.05, 3.63) is 78.5 Å². The Morgan fingerprint density at radius 3 is 2.28 bits per heavy atom. The van der Waals surface area contributed by atoms with Crippen molar-refractivity contribution in [2.75, 3.05) is 5.73 Å². The second-order valence-corrected chi connectivity index (χ2v) is 6.70. The summed E-state index contributed by atoms with van der Waals surface area (Å²) in [7, 11) is 0. The molecule has 0 spiro atoms. The molecule has 9 heteroatoms. The second kappa shape index (κ2) is 10.2. The standard InChI is InChI=1S/C22H17F2N5.CH3NO/c1-13-2-3-14(16-4-5-18(22(23)24)28-10-16)8-17(13)20-12-26-11-19(29-20)15-6-7-27-21(25)9-15;2-1-3/h2-12,22H,1H3,(H2,25,27);1H,(H2,2,3). The lowest BCUT2D eigenvalue weighted by Crippen LogP contribution is -1.95. The molecule has 1 aromatic carbocycles. The summed E-state index contributed by atoms with van der Waals surface area (Å²) in [6.07, 6.45) is 4.11. The summed E-state index contributed by atoms with van der Waals surface area (Å²) in [5.41, 5.74) is 15.4. The van der Waals surface area contributed by atoms with Gasteiger partial charge in [0.15, 0.2) is 0 Å². The number of pyridine rings is 2. The predicted molar refractivity (Wildman–Crippen MR) is 118 cm³/mol. The van der Waals surface area contributed by atoms with Gasteiger partial charge in [0, 0.05) is 29.1 Å². The Labute approximate surface area is 183 Å². The Morgan fingerprint density at radius 1 is 0.906 bits per heavy atom. The number of nitrogens with two attached hydrogens (primary N) is 2. The molecule has 0 bridgehead atoms. The summed E-state index contributed by atoms with van der Waals surface area (Å²) in [4.78, 5) is 25.5. The number of nitrogens with zero attached hydrogens (tertiary/aromatic N) is 4. The van der Waals surface area contributed by atoms with Crippen LogP contribution >= 0.6 is 0 Å². The minimum Gasteiger partial charge on any atom is -0.384 e. The number of nitrogen functional groups attached to an aromatic ring is 1. The van der Waals surface area contributed by atoms with Crippen molar-refractivity contribution in [3.8, 4) is 33.6 Å². The zero-order chi connectivity index (χ0) is 23.1. The summed E-state index contributed by atoms with van der Waals surface area (Å²) < 4.78 is 25.5. The molecular formula is C23H20F2N6O. The first-order valence-corrected chi connectivity index (χ1v) is 9.47. The lowest BCUT2D eigenvalue weighted by Gasteiger charge is -2.10. The van der Waals surface area contributed by atoms with Gasteiger partial charge in [-0.15, -0.1) is 0 Å². The Kier molecular flexibility index (Phi) is 7.12. The highest BCUT2D eigenvalue weighted by Gasteiger charge is 2.11. The van der Waals surface area contributed by atoms with Crippen LogP contribution < -0.4 is 11.5 Å². The number of hydrogen-bond donors (Lipinski definition) is 2. The third-order valence-electron chi connectivity index (χ3n) is 4.57. The first-order chi connectivity index (χ1) is 15.4. The van der Waals surface area contributed by atoms with E-state index in [4.69, 9.17) is 15.5 Å². The third kappa shape index (κ3) is 5.25. The van der Waals surface area contributed by atoms with Crippen LogP contribution in [0.3, 0.4) is 0 Å². The number of hydrogen-bond acceptors (Lipinski definition) is 6. The summed E-state index contributed by atoms with van der Waals surface area (Å²) in [6, 6.07) is 12.4. The van der Waals surface area contributed by atoms with Gasteiger partial charge in [0.1, 0.15) is 11.5 Å². The van der Waals surface area contributed by atoms with Crippen molar-refractivity contribution >= 4 is 12.2 Å². The van der Waals surface area contributed by atoms with Crippen molar-refractivity contribution in [1.82, 2.24) is 19.9 Å². The molecule has 4 rings (SSSR count). The average molecular weight is 434 g/mol. The van der Waals surface area contributed by atoms with Crippen molar-refractivity contribution in [1.29, 1.82) is 0 Å². The molecule has 0 aliphatic heterocycles. The van der Waals surface area contributed by atoms with Gasteiger partial charge in [0.2, 0.25) is 6.41 Å². The maximum absolute atomic E-state index is 12.8. The van der Waals surface area contributed by atoms with Crippen LogP contribution in [-0.4, -0.2) is 26.3 Å². The molecule has 0 atom stereocenters. The van der Waals surface area contributed by atoms with Gasteiger partial charge in [0.25, 0.3) is 6.43 Å². The van der Waals surface area contributed by atoms with Gasteiger partial charge in [-0.25, -0.2) is 18.7 Å². The average Bonchev–Trinajstić information content (AvgIpc) is 2.80. The largest absolute Gasteiger partial charge is 0.384 e. The molecule has 0 aliphatic rings. The van der Waals surface area contributed by atoms with Crippen molar-refractivity contribution < 1.29 is 13.6 Å². The number of benzene rings is 1. The molecule has 0 saturated heterocycles. The first kappa shape index (κ1) is 22.4. The van der Waals surface area contributed by atoms with E-state index in [1.165, 1.54) is 12.3 Å². The number of amides is 1. The molecule has 0 unspecified atom stereocenters. The highest BCUT2D eigenvalue weighted by Crippen LogP contribution is 2.30. The molecule has 3 aromatic heterocycles. The maximum atomic E-state index is 12.8. The van der Waals surface area contributed by atoms with Gasteiger partial charge in [-0.2, -0.15) is 0 Å². The molecule has 0 fully saturated rings. The Hall–Kier alpha value is -4.27. The number of anilines is 1. The minimum atomic E-state index is -2.59. The Balaban J connectivity index is 0.000000913. The van der Waals surface area contributed by atoms with Gasteiger partial charge < -0.3 is 11.5 Å². The number of primary amides is 1. The number of carbonyl (C=O) groups is 1. The summed E-state index contributed by atoms with van der Waals surface area (Å²) in [6.45, 7) is 1.98. The molecule has 1 amide bonds. The van der Waals surface area contributed by atoms with Crippen LogP contribution in [0.25, 0.3) is 33.6 Å².